The van der Waals surface area contributed by atoms with Crippen LogP contribution in [-0.4, -0.2) is 21.6 Å². The van der Waals surface area contributed by atoms with E-state index in [0.717, 1.165) is 19.3 Å². The maximum absolute atomic E-state index is 10.3. The van der Waals surface area contributed by atoms with Crippen LogP contribution in [0.4, 0.5) is 0 Å². The van der Waals surface area contributed by atoms with E-state index in [9.17, 15) is 10.2 Å². The van der Waals surface area contributed by atoms with Crippen LogP contribution < -0.4 is 0 Å². The molecule has 0 radical (unpaired) electrons. The van der Waals surface area contributed by atoms with Crippen molar-refractivity contribution in [2.45, 2.75) is 54.8 Å². The summed E-state index contributed by atoms with van der Waals surface area (Å²) in [5.41, 5.74) is 1.55. The lowest BCUT2D eigenvalue weighted by molar-refractivity contribution is 0.0122. The van der Waals surface area contributed by atoms with Gasteiger partial charge in [0.2, 0.25) is 0 Å². The summed E-state index contributed by atoms with van der Waals surface area (Å²) in [6.07, 6.45) is 4.33. The first-order valence-electron chi connectivity index (χ1n) is 7.27. The van der Waals surface area contributed by atoms with Gasteiger partial charge in [-0.3, -0.25) is 0 Å². The minimum Gasteiger partial charge on any atom is -0.508 e. The predicted molar refractivity (Wildman–Crippen MR) is 76.6 cm³/mol. The van der Waals surface area contributed by atoms with Crippen LogP contribution in [-0.2, 0) is 0 Å². The average Bonchev–Trinajstić information content (AvgIpc) is 2.87. The molecule has 1 aromatic rings. The molecule has 2 N–H and O–H groups in total. The quantitative estimate of drug-likeness (QED) is 0.761. The number of benzene rings is 1. The summed E-state index contributed by atoms with van der Waals surface area (Å²) in [4.78, 5) is 1.26. The molecule has 1 heterocycles. The van der Waals surface area contributed by atoms with Crippen molar-refractivity contribution < 1.29 is 10.2 Å². The first-order chi connectivity index (χ1) is 9.09. The number of aliphatic hydroxyl groups excluding tert-OH is 1. The zero-order chi connectivity index (χ0) is 13.2. The zero-order valence-electron chi connectivity index (χ0n) is 11.2. The second-order valence-electron chi connectivity index (χ2n) is 6.66. The number of aromatic hydroxyl groups is 1. The fourth-order valence-electron chi connectivity index (χ4n) is 4.62. The van der Waals surface area contributed by atoms with E-state index < -0.39 is 0 Å². The molecule has 2 aliphatic carbocycles. The molecule has 19 heavy (non-hydrogen) atoms. The van der Waals surface area contributed by atoms with E-state index in [4.69, 9.17) is 0 Å². The normalized spacial score (nSPS) is 43.7. The molecule has 1 aliphatic heterocycles. The van der Waals surface area contributed by atoms with Crippen LogP contribution in [0.15, 0.2) is 23.1 Å². The van der Waals surface area contributed by atoms with Gasteiger partial charge in [0.1, 0.15) is 5.75 Å². The van der Waals surface area contributed by atoms with Crippen LogP contribution in [0, 0.1) is 11.3 Å². The van der Waals surface area contributed by atoms with Crippen LogP contribution in [0.5, 0.6) is 5.75 Å². The third-order valence-corrected chi connectivity index (χ3v) is 7.34. The maximum Gasteiger partial charge on any atom is 0.116 e. The number of phenolic OH excluding ortho intramolecular Hbond substituents is 1. The number of aliphatic hydroxyl groups is 1. The van der Waals surface area contributed by atoms with Crippen LogP contribution in [0.3, 0.4) is 0 Å². The van der Waals surface area contributed by atoms with Crippen molar-refractivity contribution in [3.05, 3.63) is 23.8 Å². The van der Waals surface area contributed by atoms with Crippen LogP contribution in [0.25, 0.3) is 0 Å². The number of fused-ring (bicyclic) bond motifs is 5. The Morgan fingerprint density at radius 1 is 1.26 bits per heavy atom. The Hall–Kier alpha value is -0.670. The molecule has 3 heteroatoms. The van der Waals surface area contributed by atoms with Crippen molar-refractivity contribution >= 4 is 11.8 Å². The summed E-state index contributed by atoms with van der Waals surface area (Å²) in [6.45, 7) is 2.28. The van der Waals surface area contributed by atoms with Gasteiger partial charge in [0.15, 0.2) is 0 Å². The van der Waals surface area contributed by atoms with Crippen molar-refractivity contribution in [1.29, 1.82) is 0 Å². The standard InChI is InChI=1S/C16H20O2S/c1-16-7-6-11-10-3-2-9(17)8-13(10)19-15(11)12(16)4-5-14(16)18/h2-3,8,11-12,14-15,17-18H,4-7H2,1H3/t11?,12-,14-,15?,16-/m0/s1. The largest absolute Gasteiger partial charge is 0.508 e. The van der Waals surface area contributed by atoms with E-state index in [2.05, 4.69) is 13.0 Å². The Kier molecular flexibility index (Phi) is 2.50. The second kappa shape index (κ2) is 3.92. The molecule has 0 spiro atoms. The Morgan fingerprint density at radius 3 is 2.95 bits per heavy atom. The highest BCUT2D eigenvalue weighted by Crippen LogP contribution is 2.63. The lowest BCUT2D eigenvalue weighted by Gasteiger charge is -2.44. The summed E-state index contributed by atoms with van der Waals surface area (Å²) in [5.74, 6) is 1.63. The lowest BCUT2D eigenvalue weighted by atomic mass is 9.64. The highest BCUT2D eigenvalue weighted by molar-refractivity contribution is 8.00. The van der Waals surface area contributed by atoms with Gasteiger partial charge in [-0.2, -0.15) is 0 Å². The Bertz CT molecular complexity index is 529. The van der Waals surface area contributed by atoms with E-state index in [-0.39, 0.29) is 11.5 Å². The summed E-state index contributed by atoms with van der Waals surface area (Å²) < 4.78 is 0. The van der Waals surface area contributed by atoms with Crippen LogP contribution >= 0.6 is 11.8 Å². The van der Waals surface area contributed by atoms with Gasteiger partial charge in [0.05, 0.1) is 6.10 Å². The third kappa shape index (κ3) is 1.55. The smallest absolute Gasteiger partial charge is 0.116 e. The third-order valence-electron chi connectivity index (χ3n) is 5.81. The van der Waals surface area contributed by atoms with Crippen LogP contribution in [0.1, 0.15) is 44.1 Å². The first-order valence-corrected chi connectivity index (χ1v) is 8.15. The molecular weight excluding hydrogens is 256 g/mol. The van der Waals surface area contributed by atoms with Crippen molar-refractivity contribution in [3.8, 4) is 5.75 Å². The number of rotatable bonds is 0. The Labute approximate surface area is 118 Å². The average molecular weight is 276 g/mol. The minimum absolute atomic E-state index is 0.115. The maximum atomic E-state index is 10.3. The molecule has 5 atom stereocenters. The summed E-state index contributed by atoms with van der Waals surface area (Å²) in [6, 6.07) is 5.84. The summed E-state index contributed by atoms with van der Waals surface area (Å²) in [5, 5.41) is 20.6. The molecular formula is C16H20O2S. The SMILES string of the molecule is C[C@]12CCC3c4ccc(O)cc4SC3[C@@H]1CC[C@@H]2O. The van der Waals surface area contributed by atoms with Gasteiger partial charge in [-0.1, -0.05) is 13.0 Å². The predicted octanol–water partition coefficient (Wildman–Crippen LogP) is 3.52. The molecule has 1 aromatic carbocycles. The zero-order valence-corrected chi connectivity index (χ0v) is 12.0. The molecule has 4 rings (SSSR count). The Balaban J connectivity index is 1.72. The fourth-order valence-corrected chi connectivity index (χ4v) is 6.52. The molecule has 0 saturated heterocycles. The van der Waals surface area contributed by atoms with E-state index in [0.29, 0.717) is 22.8 Å². The summed E-state index contributed by atoms with van der Waals surface area (Å²) in [7, 11) is 0. The van der Waals surface area contributed by atoms with E-state index in [1.54, 1.807) is 0 Å². The molecule has 2 nitrogen and oxygen atoms in total. The van der Waals surface area contributed by atoms with Gasteiger partial charge in [0.25, 0.3) is 0 Å². The van der Waals surface area contributed by atoms with Gasteiger partial charge in [-0.05, 0) is 60.6 Å². The molecule has 0 amide bonds. The molecule has 2 fully saturated rings. The summed E-state index contributed by atoms with van der Waals surface area (Å²) >= 11 is 1.94. The van der Waals surface area contributed by atoms with Crippen molar-refractivity contribution in [1.82, 2.24) is 0 Å². The number of phenols is 1. The van der Waals surface area contributed by atoms with Crippen LogP contribution in [0.2, 0.25) is 0 Å². The molecule has 102 valence electrons. The van der Waals surface area contributed by atoms with Gasteiger partial charge in [-0.15, -0.1) is 11.8 Å². The topological polar surface area (TPSA) is 40.5 Å². The van der Waals surface area contributed by atoms with Crippen molar-refractivity contribution in [2.24, 2.45) is 11.3 Å². The lowest BCUT2D eigenvalue weighted by Crippen LogP contribution is -2.42. The molecule has 2 saturated carbocycles. The molecule has 0 bridgehead atoms. The fraction of sp³-hybridized carbons (Fsp3) is 0.625. The monoisotopic (exact) mass is 276 g/mol. The van der Waals surface area contributed by atoms with Gasteiger partial charge in [-0.25, -0.2) is 0 Å². The minimum atomic E-state index is -0.115. The number of hydrogen-bond donors (Lipinski definition) is 2. The van der Waals surface area contributed by atoms with Crippen molar-refractivity contribution in [2.75, 3.05) is 0 Å². The highest BCUT2D eigenvalue weighted by Gasteiger charge is 2.55. The van der Waals surface area contributed by atoms with Gasteiger partial charge >= 0.3 is 0 Å². The molecule has 3 aliphatic rings. The molecule has 2 unspecified atom stereocenters. The number of hydrogen-bond acceptors (Lipinski definition) is 3. The highest BCUT2D eigenvalue weighted by atomic mass is 32.2. The van der Waals surface area contributed by atoms with E-state index in [1.165, 1.54) is 16.9 Å². The first kappa shape index (κ1) is 12.1. The van der Waals surface area contributed by atoms with Gasteiger partial charge < -0.3 is 10.2 Å². The molecule has 0 aromatic heterocycles. The number of thioether (sulfide) groups is 1. The van der Waals surface area contributed by atoms with E-state index >= 15 is 0 Å². The van der Waals surface area contributed by atoms with Crippen molar-refractivity contribution in [3.63, 3.8) is 0 Å². The second-order valence-corrected chi connectivity index (χ2v) is 7.88. The Morgan fingerprint density at radius 2 is 2.11 bits per heavy atom. The van der Waals surface area contributed by atoms with Gasteiger partial charge in [0, 0.05) is 10.1 Å². The van der Waals surface area contributed by atoms with E-state index in [1.807, 2.05) is 23.9 Å².